The van der Waals surface area contributed by atoms with Crippen molar-refractivity contribution in [2.75, 3.05) is 13.1 Å². The zero-order chi connectivity index (χ0) is 13.7. The third kappa shape index (κ3) is 3.80. The molecule has 0 fully saturated rings. The summed E-state index contributed by atoms with van der Waals surface area (Å²) in [6.07, 6.45) is 3.07. The zero-order valence-electron chi connectivity index (χ0n) is 10.6. The second-order valence-corrected chi connectivity index (χ2v) is 5.65. The number of amides is 2. The molecule has 2 N–H and O–H groups in total. The molecule has 0 aliphatic heterocycles. The lowest BCUT2D eigenvalue weighted by Crippen LogP contribution is -2.33. The van der Waals surface area contributed by atoms with Crippen molar-refractivity contribution in [3.05, 3.63) is 33.8 Å². The van der Waals surface area contributed by atoms with Gasteiger partial charge >= 0.3 is 0 Å². The van der Waals surface area contributed by atoms with E-state index < -0.39 is 0 Å². The van der Waals surface area contributed by atoms with Gasteiger partial charge in [0.1, 0.15) is 0 Å². The molecule has 2 amide bonds. The number of carbonyl (C=O) groups excluding carboxylic acids is 2. The molecule has 1 unspecified atom stereocenters. The van der Waals surface area contributed by atoms with Gasteiger partial charge in [0.25, 0.3) is 0 Å². The maximum atomic E-state index is 12.0. The Bertz CT molecular complexity index is 477. The summed E-state index contributed by atoms with van der Waals surface area (Å²) in [6.45, 7) is 1.21. The van der Waals surface area contributed by atoms with Gasteiger partial charge in [-0.25, -0.2) is 0 Å². The van der Waals surface area contributed by atoms with E-state index in [1.165, 1.54) is 11.1 Å². The molecule has 0 saturated carbocycles. The minimum absolute atomic E-state index is 0.0448. The number of fused-ring (bicyclic) bond motifs is 1. The maximum Gasteiger partial charge on any atom is 0.223 e. The molecule has 0 spiro atoms. The van der Waals surface area contributed by atoms with Crippen LogP contribution in [0.5, 0.6) is 0 Å². The van der Waals surface area contributed by atoms with Gasteiger partial charge in [-0.2, -0.15) is 0 Å². The van der Waals surface area contributed by atoms with E-state index in [4.69, 9.17) is 0 Å². The summed E-state index contributed by atoms with van der Waals surface area (Å²) in [5.74, 6) is 0.154. The van der Waals surface area contributed by atoms with Gasteiger partial charge in [0.2, 0.25) is 12.3 Å². The molecule has 0 aromatic heterocycles. The van der Waals surface area contributed by atoms with Crippen molar-refractivity contribution in [3.63, 3.8) is 0 Å². The van der Waals surface area contributed by atoms with Crippen molar-refractivity contribution >= 4 is 28.2 Å². The normalized spacial score (nSPS) is 16.8. The molecule has 1 aliphatic rings. The highest BCUT2D eigenvalue weighted by Crippen LogP contribution is 2.29. The quantitative estimate of drug-likeness (QED) is 0.614. The van der Waals surface area contributed by atoms with Gasteiger partial charge in [0.05, 0.1) is 0 Å². The molecule has 5 heteroatoms. The lowest BCUT2D eigenvalue weighted by molar-refractivity contribution is -0.124. The largest absolute Gasteiger partial charge is 0.359 e. The van der Waals surface area contributed by atoms with Crippen LogP contribution in [0, 0.1) is 5.92 Å². The topological polar surface area (TPSA) is 58.2 Å². The first kappa shape index (κ1) is 14.1. The molecule has 0 radical (unpaired) electrons. The predicted octanol–water partition coefficient (Wildman–Crippen LogP) is 1.42. The Kier molecular flexibility index (Phi) is 4.96. The van der Waals surface area contributed by atoms with Crippen LogP contribution in [-0.2, 0) is 22.4 Å². The van der Waals surface area contributed by atoms with E-state index in [0.717, 1.165) is 23.7 Å². The Hall–Kier alpha value is -1.36. The van der Waals surface area contributed by atoms with Gasteiger partial charge in [-0.1, -0.05) is 22.0 Å². The van der Waals surface area contributed by atoms with Gasteiger partial charge in [-0.05, 0) is 42.5 Å². The van der Waals surface area contributed by atoms with Crippen molar-refractivity contribution in [1.29, 1.82) is 0 Å². The second-order valence-electron chi connectivity index (χ2n) is 4.73. The summed E-state index contributed by atoms with van der Waals surface area (Å²) in [6, 6.07) is 6.20. The number of hydrogen-bond acceptors (Lipinski definition) is 2. The predicted molar refractivity (Wildman–Crippen MR) is 76.7 cm³/mol. The third-order valence-electron chi connectivity index (χ3n) is 3.35. The van der Waals surface area contributed by atoms with Gasteiger partial charge in [0, 0.05) is 23.5 Å². The molecule has 1 aliphatic carbocycles. The molecule has 1 aromatic rings. The maximum absolute atomic E-state index is 12.0. The van der Waals surface area contributed by atoms with E-state index in [9.17, 15) is 9.59 Å². The first-order valence-corrected chi connectivity index (χ1v) is 7.22. The smallest absolute Gasteiger partial charge is 0.223 e. The summed E-state index contributed by atoms with van der Waals surface area (Å²) in [4.78, 5) is 22.1. The molecule has 2 rings (SSSR count). The average Bonchev–Trinajstić information content (AvgIpc) is 2.81. The molecule has 19 heavy (non-hydrogen) atoms. The number of carbonyl (C=O) groups is 2. The Morgan fingerprint density at radius 1 is 1.32 bits per heavy atom. The van der Waals surface area contributed by atoms with Crippen molar-refractivity contribution in [2.24, 2.45) is 5.92 Å². The number of rotatable bonds is 6. The highest BCUT2D eigenvalue weighted by atomic mass is 79.9. The Morgan fingerprint density at radius 3 is 2.89 bits per heavy atom. The van der Waals surface area contributed by atoms with Crippen LogP contribution in [-0.4, -0.2) is 25.4 Å². The van der Waals surface area contributed by atoms with E-state index in [2.05, 4.69) is 38.7 Å². The number of hydrogen-bond donors (Lipinski definition) is 2. The minimum Gasteiger partial charge on any atom is -0.359 e. The molecule has 0 saturated heterocycles. The molecule has 1 aromatic carbocycles. The fourth-order valence-corrected chi connectivity index (χ4v) is 2.79. The Balaban J connectivity index is 1.78. The summed E-state index contributed by atoms with van der Waals surface area (Å²) < 4.78 is 1.06. The van der Waals surface area contributed by atoms with Crippen LogP contribution in [0.4, 0.5) is 0 Å². The van der Waals surface area contributed by atoms with Crippen LogP contribution in [0.15, 0.2) is 22.7 Å². The number of halogens is 1. The van der Waals surface area contributed by atoms with Crippen LogP contribution in [0.1, 0.15) is 17.5 Å². The molecule has 0 heterocycles. The summed E-state index contributed by atoms with van der Waals surface area (Å²) >= 11 is 3.45. The van der Waals surface area contributed by atoms with Crippen molar-refractivity contribution in [1.82, 2.24) is 10.6 Å². The Labute approximate surface area is 121 Å². The Morgan fingerprint density at radius 2 is 2.11 bits per heavy atom. The van der Waals surface area contributed by atoms with Gasteiger partial charge in [-0.3, -0.25) is 9.59 Å². The van der Waals surface area contributed by atoms with Crippen LogP contribution in [0.25, 0.3) is 0 Å². The van der Waals surface area contributed by atoms with E-state index >= 15 is 0 Å². The van der Waals surface area contributed by atoms with E-state index in [1.807, 2.05) is 6.07 Å². The SMILES string of the molecule is O=CNCCCNC(=O)C1Cc2ccc(Br)cc2C1. The minimum atomic E-state index is 0.0448. The van der Waals surface area contributed by atoms with Crippen molar-refractivity contribution in [3.8, 4) is 0 Å². The van der Waals surface area contributed by atoms with Gasteiger partial charge in [-0.15, -0.1) is 0 Å². The summed E-state index contributed by atoms with van der Waals surface area (Å²) in [5.41, 5.74) is 2.53. The van der Waals surface area contributed by atoms with E-state index in [1.54, 1.807) is 0 Å². The molecule has 102 valence electrons. The lowest BCUT2D eigenvalue weighted by atomic mass is 10.1. The standard InChI is InChI=1S/C14H17BrN2O2/c15-13-3-2-10-6-12(7-11(10)8-13)14(19)17-5-1-4-16-9-18/h2-3,8-9,12H,1,4-7H2,(H,16,18)(H,17,19). The van der Waals surface area contributed by atoms with Gasteiger partial charge < -0.3 is 10.6 Å². The lowest BCUT2D eigenvalue weighted by Gasteiger charge is -2.10. The van der Waals surface area contributed by atoms with Crippen molar-refractivity contribution < 1.29 is 9.59 Å². The van der Waals surface area contributed by atoms with Crippen LogP contribution < -0.4 is 10.6 Å². The third-order valence-corrected chi connectivity index (χ3v) is 3.85. The number of nitrogens with one attached hydrogen (secondary N) is 2. The zero-order valence-corrected chi connectivity index (χ0v) is 12.2. The van der Waals surface area contributed by atoms with Crippen LogP contribution in [0.2, 0.25) is 0 Å². The fraction of sp³-hybridized carbons (Fsp3) is 0.429. The average molecular weight is 325 g/mol. The van der Waals surface area contributed by atoms with E-state index in [-0.39, 0.29) is 11.8 Å². The van der Waals surface area contributed by atoms with Crippen molar-refractivity contribution in [2.45, 2.75) is 19.3 Å². The molecular formula is C14H17BrN2O2. The molecule has 4 nitrogen and oxygen atoms in total. The molecule has 0 bridgehead atoms. The molecule has 1 atom stereocenters. The molecular weight excluding hydrogens is 308 g/mol. The second kappa shape index (κ2) is 6.70. The van der Waals surface area contributed by atoms with Crippen LogP contribution >= 0.6 is 15.9 Å². The highest BCUT2D eigenvalue weighted by molar-refractivity contribution is 9.10. The highest BCUT2D eigenvalue weighted by Gasteiger charge is 2.26. The fourth-order valence-electron chi connectivity index (χ4n) is 2.38. The summed E-state index contributed by atoms with van der Waals surface area (Å²) in [5, 5.41) is 5.50. The van der Waals surface area contributed by atoms with Crippen LogP contribution in [0.3, 0.4) is 0 Å². The van der Waals surface area contributed by atoms with E-state index in [0.29, 0.717) is 19.5 Å². The first-order valence-electron chi connectivity index (χ1n) is 6.42. The monoisotopic (exact) mass is 324 g/mol. The number of benzene rings is 1. The summed E-state index contributed by atoms with van der Waals surface area (Å²) in [7, 11) is 0. The first-order chi connectivity index (χ1) is 9.20. The van der Waals surface area contributed by atoms with Gasteiger partial charge in [0.15, 0.2) is 0 Å².